The Bertz CT molecular complexity index is 865. The average Bonchev–Trinajstić information content (AvgIpc) is 3.16. The zero-order valence-electron chi connectivity index (χ0n) is 14.0. The van der Waals surface area contributed by atoms with Crippen LogP contribution in [0.25, 0.3) is 22.4 Å². The number of hydrogen-bond donors (Lipinski definition) is 0. The molecule has 0 atom stereocenters. The van der Waals surface area contributed by atoms with Gasteiger partial charge in [0.05, 0.1) is 27.0 Å². The molecule has 6 nitrogen and oxygen atoms in total. The fourth-order valence-electron chi connectivity index (χ4n) is 2.57. The van der Waals surface area contributed by atoms with Gasteiger partial charge in [0.2, 0.25) is 5.75 Å². The van der Waals surface area contributed by atoms with Crippen molar-refractivity contribution in [1.82, 2.24) is 4.37 Å². The number of methoxy groups -OCH3 is 3. The molecule has 0 bridgehead atoms. The molecule has 0 radical (unpaired) electrons. The fourth-order valence-corrected chi connectivity index (χ4v) is 3.28. The smallest absolute Gasteiger partial charge is 0.203 e. The predicted molar refractivity (Wildman–Crippen MR) is 98.1 cm³/mol. The highest BCUT2D eigenvalue weighted by Crippen LogP contribution is 2.43. The molecule has 3 rings (SSSR count). The van der Waals surface area contributed by atoms with Crippen LogP contribution >= 0.6 is 11.5 Å². The van der Waals surface area contributed by atoms with Gasteiger partial charge >= 0.3 is 0 Å². The van der Waals surface area contributed by atoms with Crippen LogP contribution in [0.2, 0.25) is 0 Å². The van der Waals surface area contributed by atoms with Crippen LogP contribution in [0.5, 0.6) is 17.2 Å². The molecule has 0 aliphatic rings. The molecule has 0 saturated carbocycles. The summed E-state index contributed by atoms with van der Waals surface area (Å²) in [6, 6.07) is 10.8. The second-order valence-electron chi connectivity index (χ2n) is 5.13. The molecule has 2 aromatic carbocycles. The Labute approximate surface area is 149 Å². The number of nitrogens with zero attached hydrogens (tertiary/aromatic N) is 2. The lowest BCUT2D eigenvalue weighted by molar-refractivity contribution is 0.324. The van der Waals surface area contributed by atoms with Gasteiger partial charge in [-0.2, -0.15) is 4.37 Å². The van der Waals surface area contributed by atoms with E-state index in [4.69, 9.17) is 14.2 Å². The number of hydrogen-bond acceptors (Lipinski definition) is 7. The number of nitroso groups, excluding NO2 is 1. The third-order valence-corrected chi connectivity index (χ3v) is 4.42. The van der Waals surface area contributed by atoms with Crippen molar-refractivity contribution in [2.45, 2.75) is 0 Å². The minimum atomic E-state index is 0.390. The van der Waals surface area contributed by atoms with Crippen molar-refractivity contribution in [2.24, 2.45) is 5.18 Å². The van der Waals surface area contributed by atoms with Crippen LogP contribution in [0.3, 0.4) is 0 Å². The molecule has 0 fully saturated rings. The largest absolute Gasteiger partial charge is 0.493 e. The van der Waals surface area contributed by atoms with Gasteiger partial charge in [-0.1, -0.05) is 12.1 Å². The van der Waals surface area contributed by atoms with Crippen molar-refractivity contribution < 1.29 is 14.2 Å². The van der Waals surface area contributed by atoms with E-state index in [2.05, 4.69) is 9.55 Å². The van der Waals surface area contributed by atoms with E-state index in [1.165, 1.54) is 11.5 Å². The van der Waals surface area contributed by atoms with Crippen LogP contribution in [0.1, 0.15) is 0 Å². The molecular formula is C18H16N2O4S. The summed E-state index contributed by atoms with van der Waals surface area (Å²) >= 11 is 1.35. The van der Waals surface area contributed by atoms with Crippen LogP contribution in [0, 0.1) is 4.91 Å². The van der Waals surface area contributed by atoms with Crippen molar-refractivity contribution in [2.75, 3.05) is 21.3 Å². The summed E-state index contributed by atoms with van der Waals surface area (Å²) in [5, 5.41) is 4.89. The van der Waals surface area contributed by atoms with Gasteiger partial charge in [-0.15, -0.1) is 4.91 Å². The first-order valence-electron chi connectivity index (χ1n) is 7.40. The lowest BCUT2D eigenvalue weighted by Gasteiger charge is -2.14. The normalized spacial score (nSPS) is 10.4. The lowest BCUT2D eigenvalue weighted by atomic mass is 10.0. The van der Waals surface area contributed by atoms with E-state index in [-0.39, 0.29) is 0 Å². The van der Waals surface area contributed by atoms with Crippen molar-refractivity contribution in [3.8, 4) is 39.6 Å². The minimum absolute atomic E-state index is 0.390. The second kappa shape index (κ2) is 7.31. The molecule has 0 aliphatic carbocycles. The maximum Gasteiger partial charge on any atom is 0.203 e. The molecule has 0 saturated heterocycles. The van der Waals surface area contributed by atoms with Gasteiger partial charge in [-0.25, -0.2) is 0 Å². The van der Waals surface area contributed by atoms with E-state index in [1.807, 2.05) is 29.6 Å². The highest BCUT2D eigenvalue weighted by Gasteiger charge is 2.18. The topological polar surface area (TPSA) is 70.0 Å². The molecule has 128 valence electrons. The molecule has 0 unspecified atom stereocenters. The number of aromatic nitrogens is 1. The third kappa shape index (κ3) is 3.18. The van der Waals surface area contributed by atoms with Crippen molar-refractivity contribution in [3.63, 3.8) is 0 Å². The maximum absolute atomic E-state index is 10.6. The van der Waals surface area contributed by atoms with E-state index < -0.39 is 0 Å². The Balaban J connectivity index is 2.11. The Morgan fingerprint density at radius 1 is 0.920 bits per heavy atom. The van der Waals surface area contributed by atoms with Gasteiger partial charge in [-0.3, -0.25) is 0 Å². The molecule has 3 aromatic rings. The van der Waals surface area contributed by atoms with Crippen LogP contribution in [-0.4, -0.2) is 25.7 Å². The van der Waals surface area contributed by atoms with Gasteiger partial charge in [0.25, 0.3) is 0 Å². The molecule has 0 aliphatic heterocycles. The highest BCUT2D eigenvalue weighted by atomic mass is 32.1. The average molecular weight is 356 g/mol. The zero-order valence-corrected chi connectivity index (χ0v) is 14.8. The van der Waals surface area contributed by atoms with Gasteiger partial charge in [-0.05, 0) is 46.5 Å². The molecule has 7 heteroatoms. The summed E-state index contributed by atoms with van der Waals surface area (Å²) in [7, 11) is 4.72. The molecular weight excluding hydrogens is 340 g/mol. The zero-order chi connectivity index (χ0) is 17.8. The minimum Gasteiger partial charge on any atom is -0.493 e. The van der Waals surface area contributed by atoms with Crippen molar-refractivity contribution in [3.05, 3.63) is 46.7 Å². The summed E-state index contributed by atoms with van der Waals surface area (Å²) in [5.74, 6) is 1.67. The summed E-state index contributed by atoms with van der Waals surface area (Å²) in [5.41, 5.74) is 3.95. The highest BCUT2D eigenvalue weighted by molar-refractivity contribution is 7.04. The Morgan fingerprint density at radius 2 is 1.56 bits per heavy atom. The monoisotopic (exact) mass is 356 g/mol. The van der Waals surface area contributed by atoms with Crippen molar-refractivity contribution in [1.29, 1.82) is 0 Å². The third-order valence-electron chi connectivity index (χ3n) is 3.79. The van der Waals surface area contributed by atoms with Gasteiger partial charge in [0, 0.05) is 16.5 Å². The lowest BCUT2D eigenvalue weighted by Crippen LogP contribution is -1.96. The number of benzene rings is 2. The van der Waals surface area contributed by atoms with Crippen LogP contribution < -0.4 is 14.2 Å². The van der Waals surface area contributed by atoms with E-state index in [9.17, 15) is 4.91 Å². The number of rotatable bonds is 6. The van der Waals surface area contributed by atoms with Crippen molar-refractivity contribution >= 4 is 17.2 Å². The molecule has 1 heterocycles. The van der Waals surface area contributed by atoms with Gasteiger partial charge < -0.3 is 14.2 Å². The van der Waals surface area contributed by atoms with Crippen LogP contribution in [0.15, 0.2) is 47.0 Å². The van der Waals surface area contributed by atoms with E-state index in [0.717, 1.165) is 22.4 Å². The van der Waals surface area contributed by atoms with E-state index in [1.54, 1.807) is 33.5 Å². The first-order valence-corrected chi connectivity index (χ1v) is 8.24. The summed E-state index contributed by atoms with van der Waals surface area (Å²) < 4.78 is 20.7. The Morgan fingerprint density at radius 3 is 2.08 bits per heavy atom. The molecule has 0 N–H and O–H groups in total. The summed E-state index contributed by atoms with van der Waals surface area (Å²) in [6.45, 7) is 0. The molecule has 1 aromatic heterocycles. The Kier molecular flexibility index (Phi) is 4.95. The quantitative estimate of drug-likeness (QED) is 0.588. The molecule has 25 heavy (non-hydrogen) atoms. The van der Waals surface area contributed by atoms with Gasteiger partial charge in [0.1, 0.15) is 5.69 Å². The van der Waals surface area contributed by atoms with E-state index in [0.29, 0.717) is 22.9 Å². The second-order valence-corrected chi connectivity index (χ2v) is 5.76. The summed E-state index contributed by atoms with van der Waals surface area (Å²) in [4.78, 5) is 10.6. The number of ether oxygens (including phenoxy) is 3. The van der Waals surface area contributed by atoms with Gasteiger partial charge in [0.15, 0.2) is 11.5 Å². The van der Waals surface area contributed by atoms with Crippen LogP contribution in [-0.2, 0) is 0 Å². The standard InChI is InChI=1S/C18H16N2O4S/c1-22-15-8-12(9-16(23-2)18(15)24-3)17-14(10-25-20-17)11-4-6-13(19-21)7-5-11/h4-10H,1-3H3. The first-order chi connectivity index (χ1) is 12.2. The fraction of sp³-hybridized carbons (Fsp3) is 0.167. The maximum atomic E-state index is 10.6. The van der Waals surface area contributed by atoms with Crippen LogP contribution in [0.4, 0.5) is 5.69 Å². The predicted octanol–water partition coefficient (Wildman–Crippen LogP) is 4.90. The van der Waals surface area contributed by atoms with E-state index >= 15 is 0 Å². The Hall–Kier alpha value is -2.93. The molecule has 0 spiro atoms. The SMILES string of the molecule is COc1cc(-c2nscc2-c2ccc(N=O)cc2)cc(OC)c1OC. The summed E-state index contributed by atoms with van der Waals surface area (Å²) in [6.07, 6.45) is 0. The molecule has 0 amide bonds. The first kappa shape index (κ1) is 16.9.